The van der Waals surface area contributed by atoms with Gasteiger partial charge < -0.3 is 58.5 Å². The molecule has 0 saturated carbocycles. The normalized spacial score (nSPS) is 49.0. The second-order valence-corrected chi connectivity index (χ2v) is 16.8. The monoisotopic (exact) mass is 748 g/mol. The number of nitrogens with one attached hydrogen (secondary N) is 1. The van der Waals surface area contributed by atoms with Crippen LogP contribution in [0.4, 0.5) is 0 Å². The summed E-state index contributed by atoms with van der Waals surface area (Å²) in [5.41, 5.74) is -4.23. The van der Waals surface area contributed by atoms with Gasteiger partial charge in [0.1, 0.15) is 29.6 Å². The minimum absolute atomic E-state index is 0.116. The molecule has 0 bridgehead atoms. The van der Waals surface area contributed by atoms with Crippen molar-refractivity contribution in [3.63, 3.8) is 0 Å². The van der Waals surface area contributed by atoms with E-state index in [4.69, 9.17) is 33.2 Å². The van der Waals surface area contributed by atoms with Crippen molar-refractivity contribution in [2.45, 2.75) is 179 Å². The van der Waals surface area contributed by atoms with Gasteiger partial charge in [-0.15, -0.1) is 0 Å². The number of aliphatic hydroxyl groups is 4. The third-order valence-electron chi connectivity index (χ3n) is 12.4. The van der Waals surface area contributed by atoms with E-state index in [-0.39, 0.29) is 37.2 Å². The minimum atomic E-state index is -1.96. The van der Waals surface area contributed by atoms with E-state index in [0.717, 1.165) is 4.90 Å². The number of esters is 1. The molecule has 304 valence electrons. The molecule has 5 N–H and O–H groups in total. The highest BCUT2D eigenvalue weighted by Crippen LogP contribution is 2.41. The molecule has 3 fully saturated rings. The largest absolute Gasteiger partial charge is 0.459 e. The highest BCUT2D eigenvalue weighted by atomic mass is 16.7. The van der Waals surface area contributed by atoms with Crippen LogP contribution in [0.5, 0.6) is 0 Å². The van der Waals surface area contributed by atoms with Crippen molar-refractivity contribution in [3.05, 3.63) is 0 Å². The predicted molar refractivity (Wildman–Crippen MR) is 190 cm³/mol. The lowest BCUT2D eigenvalue weighted by Gasteiger charge is -2.49. The maximum absolute atomic E-state index is 14.2. The average Bonchev–Trinajstić information content (AvgIpc) is 3.09. The summed E-state index contributed by atoms with van der Waals surface area (Å²) in [6.07, 6.45) is -8.58. The molecule has 3 heterocycles. The van der Waals surface area contributed by atoms with E-state index in [1.807, 2.05) is 27.9 Å². The molecular formula is C38H70NO13+. The van der Waals surface area contributed by atoms with Crippen LogP contribution in [0.15, 0.2) is 0 Å². The number of rotatable bonds is 8. The Kier molecular flexibility index (Phi) is 15.3. The highest BCUT2D eigenvalue weighted by Gasteiger charge is 2.54. The summed E-state index contributed by atoms with van der Waals surface area (Å²) in [4.78, 5) is 29.2. The number of cyclic esters (lactones) is 1. The molecule has 0 radical (unpaired) electrons. The van der Waals surface area contributed by atoms with Crippen molar-refractivity contribution in [2.75, 3.05) is 28.3 Å². The van der Waals surface area contributed by atoms with Crippen LogP contribution >= 0.6 is 0 Å². The van der Waals surface area contributed by atoms with E-state index >= 15 is 0 Å². The number of likely N-dealkylation sites (N-methyl/N-ethyl adjacent to an activating group) is 1. The van der Waals surface area contributed by atoms with Gasteiger partial charge in [0.25, 0.3) is 0 Å². The van der Waals surface area contributed by atoms with Crippen LogP contribution < -0.4 is 4.90 Å². The molecule has 14 nitrogen and oxygen atoms in total. The summed E-state index contributed by atoms with van der Waals surface area (Å²) >= 11 is 0. The van der Waals surface area contributed by atoms with E-state index in [0.29, 0.717) is 6.42 Å². The van der Waals surface area contributed by atoms with Crippen molar-refractivity contribution in [2.24, 2.45) is 23.7 Å². The number of Topliss-reactive ketones (excluding diaryl/α,β-unsaturated/α-hetero) is 1. The molecule has 0 aromatic carbocycles. The lowest BCUT2D eigenvalue weighted by atomic mass is 9.74. The van der Waals surface area contributed by atoms with Crippen molar-refractivity contribution < 1.29 is 68.1 Å². The van der Waals surface area contributed by atoms with Gasteiger partial charge in [0.15, 0.2) is 18.7 Å². The van der Waals surface area contributed by atoms with E-state index in [1.165, 1.54) is 21.1 Å². The van der Waals surface area contributed by atoms with Crippen LogP contribution in [0, 0.1) is 23.7 Å². The van der Waals surface area contributed by atoms with Crippen LogP contribution in [0.2, 0.25) is 0 Å². The molecule has 0 aliphatic carbocycles. The van der Waals surface area contributed by atoms with Crippen molar-refractivity contribution in [1.29, 1.82) is 0 Å². The van der Waals surface area contributed by atoms with Crippen LogP contribution in [0.3, 0.4) is 0 Å². The molecule has 0 spiro atoms. The van der Waals surface area contributed by atoms with Gasteiger partial charge in [-0.25, -0.2) is 0 Å². The number of hydrogen-bond acceptors (Lipinski definition) is 13. The summed E-state index contributed by atoms with van der Waals surface area (Å²) in [7, 11) is 6.94. The van der Waals surface area contributed by atoms with Crippen LogP contribution in [-0.4, -0.2) is 145 Å². The van der Waals surface area contributed by atoms with Gasteiger partial charge in [-0.3, -0.25) is 9.59 Å². The topological polar surface area (TPSA) is 184 Å². The number of hydrogen-bond donors (Lipinski definition) is 5. The minimum Gasteiger partial charge on any atom is -0.459 e. The number of ketones is 1. The van der Waals surface area contributed by atoms with Crippen LogP contribution in [-0.2, 0) is 42.7 Å². The summed E-state index contributed by atoms with van der Waals surface area (Å²) in [5, 5.41) is 45.6. The molecule has 3 aliphatic heterocycles. The number of quaternary nitrogens is 1. The van der Waals surface area contributed by atoms with E-state index in [1.54, 1.807) is 48.5 Å². The first-order valence-electron chi connectivity index (χ1n) is 19.0. The summed E-state index contributed by atoms with van der Waals surface area (Å²) in [6.45, 7) is 17.1. The van der Waals surface area contributed by atoms with Gasteiger partial charge in [-0.2, -0.15) is 0 Å². The van der Waals surface area contributed by atoms with Gasteiger partial charge in [0.05, 0.1) is 61.7 Å². The van der Waals surface area contributed by atoms with Gasteiger partial charge in [0, 0.05) is 44.8 Å². The number of carbonyl (C=O) groups is 2. The third kappa shape index (κ3) is 9.38. The molecule has 0 amide bonds. The highest BCUT2D eigenvalue weighted by molar-refractivity contribution is 5.83. The first-order chi connectivity index (χ1) is 24.0. The smallest absolute Gasteiger partial charge is 0.311 e. The zero-order valence-corrected chi connectivity index (χ0v) is 34.0. The Bertz CT molecular complexity index is 1190. The quantitative estimate of drug-likeness (QED) is 0.222. The molecule has 3 aliphatic rings. The van der Waals surface area contributed by atoms with E-state index in [2.05, 4.69) is 0 Å². The average molecular weight is 749 g/mol. The molecule has 3 rings (SSSR count). The maximum Gasteiger partial charge on any atom is 0.311 e. The molecule has 18 atom stereocenters. The molecule has 0 aromatic heterocycles. The fourth-order valence-electron chi connectivity index (χ4n) is 8.67. The standard InChI is InChI=1S/C38H69NO13/c1-15-26-38(10,45)31(42)21(4)28(40)19(2)17-37(9,47-14)33(52-35-29(41)25(39(11)12)16-20(3)48-35)22(5)30(23(6)34(44)50-26)51-27-18-36(8,46-13)32(43)24(7)49-27/h19-27,29-33,35,41-43,45H,15-18H2,1-14H3/p+1. The third-order valence-corrected chi connectivity index (χ3v) is 12.4. The maximum atomic E-state index is 14.2. The number of carbonyl (C=O) groups excluding carboxylic acids is 2. The zero-order valence-electron chi connectivity index (χ0n) is 34.0. The van der Waals surface area contributed by atoms with Gasteiger partial charge in [0.2, 0.25) is 0 Å². The van der Waals surface area contributed by atoms with Gasteiger partial charge in [-0.1, -0.05) is 27.7 Å². The lowest BCUT2D eigenvalue weighted by molar-refractivity contribution is -0.893. The molecule has 14 heteroatoms. The van der Waals surface area contributed by atoms with Crippen molar-refractivity contribution >= 4 is 11.8 Å². The first-order valence-corrected chi connectivity index (χ1v) is 19.0. The second kappa shape index (κ2) is 17.7. The van der Waals surface area contributed by atoms with Gasteiger partial charge >= 0.3 is 5.97 Å². The fraction of sp³-hybridized carbons (Fsp3) is 0.947. The predicted octanol–water partition coefficient (Wildman–Crippen LogP) is 1.02. The van der Waals surface area contributed by atoms with E-state index in [9.17, 15) is 30.0 Å². The summed E-state index contributed by atoms with van der Waals surface area (Å²) < 4.78 is 43.9. The van der Waals surface area contributed by atoms with E-state index < -0.39 is 102 Å². The van der Waals surface area contributed by atoms with Crippen LogP contribution in [0.1, 0.15) is 94.9 Å². The Morgan fingerprint density at radius 2 is 1.44 bits per heavy atom. The second-order valence-electron chi connectivity index (χ2n) is 16.8. The molecule has 3 saturated heterocycles. The molecule has 0 aromatic rings. The summed E-state index contributed by atoms with van der Waals surface area (Å²) in [6, 6.07) is -0.200. The molecule has 18 unspecified atom stereocenters. The van der Waals surface area contributed by atoms with Gasteiger partial charge in [-0.05, 0) is 54.4 Å². The fourth-order valence-corrected chi connectivity index (χ4v) is 8.67. The SMILES string of the molecule is CCC1OC(=O)C(C)C(OC2CC(C)(OC)C(O)C(C)O2)C(C)C(OC2OC(C)CC([NH+](C)C)C2O)C(C)(OC)CC(C)C(=O)C(C)C(O)C1(C)O. The van der Waals surface area contributed by atoms with Crippen molar-refractivity contribution in [1.82, 2.24) is 0 Å². The Balaban J connectivity index is 2.22. The molecular weight excluding hydrogens is 678 g/mol. The Morgan fingerprint density at radius 3 is 1.98 bits per heavy atom. The number of aliphatic hydroxyl groups excluding tert-OH is 3. The van der Waals surface area contributed by atoms with Crippen molar-refractivity contribution in [3.8, 4) is 0 Å². The Labute approximate surface area is 310 Å². The van der Waals surface area contributed by atoms with Crippen LogP contribution in [0.25, 0.3) is 0 Å². The molecule has 52 heavy (non-hydrogen) atoms. The zero-order chi connectivity index (χ0) is 39.7. The first kappa shape index (κ1) is 45.1. The Morgan fingerprint density at radius 1 is 0.846 bits per heavy atom. The number of methoxy groups -OCH3 is 2. The Hall–Kier alpha value is -1.30. The number of ether oxygens (including phenoxy) is 7. The summed E-state index contributed by atoms with van der Waals surface area (Å²) in [5.74, 6) is -4.44. The lowest BCUT2D eigenvalue weighted by Crippen LogP contribution is -3.12.